The highest BCUT2D eigenvalue weighted by Gasteiger charge is 2.35. The molecule has 0 saturated carbocycles. The minimum absolute atomic E-state index is 0.109. The number of ether oxygens (including phenoxy) is 2. The molecule has 1 N–H and O–H groups in total. The predicted molar refractivity (Wildman–Crippen MR) is 177 cm³/mol. The number of hydrogen-bond acceptors (Lipinski definition) is 10. The molecule has 0 amide bonds. The predicted octanol–water partition coefficient (Wildman–Crippen LogP) is 4.94. The van der Waals surface area contributed by atoms with E-state index in [1.165, 1.54) is 18.2 Å². The Morgan fingerprint density at radius 2 is 1.61 bits per heavy atom. The minimum atomic E-state index is -1.46. The van der Waals surface area contributed by atoms with Gasteiger partial charge < -0.3 is 29.6 Å². The normalized spacial score (nSPS) is 16.7. The van der Waals surface area contributed by atoms with Gasteiger partial charge in [-0.15, -0.1) is 23.2 Å². The molecule has 46 heavy (non-hydrogen) atoms. The van der Waals surface area contributed by atoms with Crippen molar-refractivity contribution in [1.82, 2.24) is 10.2 Å². The van der Waals surface area contributed by atoms with E-state index in [1.54, 1.807) is 27.0 Å². The fourth-order valence-electron chi connectivity index (χ4n) is 5.82. The molecule has 2 aliphatic rings. The zero-order chi connectivity index (χ0) is 33.6. The first kappa shape index (κ1) is 36.7. The number of allylic oxidation sites excluding steroid dienone is 2. The van der Waals surface area contributed by atoms with Crippen LogP contribution in [0.5, 0.6) is 5.75 Å². The maximum absolute atomic E-state index is 13.2. The summed E-state index contributed by atoms with van der Waals surface area (Å²) in [6.45, 7) is 8.32. The molecule has 1 unspecified atom stereocenters. The van der Waals surface area contributed by atoms with Crippen LogP contribution < -0.4 is 20.1 Å². The van der Waals surface area contributed by atoms with E-state index < -0.39 is 22.8 Å². The third-order valence-corrected chi connectivity index (χ3v) is 8.01. The lowest BCUT2D eigenvalue weighted by molar-refractivity contribution is -0.384. The zero-order valence-electron chi connectivity index (χ0n) is 26.4. The molecule has 0 bridgehead atoms. The molecule has 1 fully saturated rings. The van der Waals surface area contributed by atoms with Gasteiger partial charge in [0.05, 0.1) is 41.2 Å². The number of carboxylic acid groups (broad SMARTS) is 1. The van der Waals surface area contributed by atoms with Gasteiger partial charge in [0, 0.05) is 61.2 Å². The van der Waals surface area contributed by atoms with Crippen molar-refractivity contribution < 1.29 is 29.1 Å². The van der Waals surface area contributed by atoms with Crippen LogP contribution in [0.15, 0.2) is 71.1 Å². The highest BCUT2D eigenvalue weighted by molar-refractivity contribution is 6.40. The number of hydrogen-bond donors (Lipinski definition) is 1. The number of piperazine rings is 1. The molecular weight excluding hydrogens is 635 g/mol. The fraction of sp³-hybridized carbons (Fsp3) is 0.455. The Bertz CT molecular complexity index is 1420. The smallest absolute Gasteiger partial charge is 0.336 e. The topological polar surface area (TPSA) is 137 Å². The lowest BCUT2D eigenvalue weighted by Crippen LogP contribution is -2.46. The third-order valence-electron chi connectivity index (χ3n) is 8.01. The Hall–Kier alpha value is -3.80. The Labute approximate surface area is 279 Å². The molecule has 1 atom stereocenters. The van der Waals surface area contributed by atoms with Crippen molar-refractivity contribution in [3.8, 4) is 5.75 Å². The first-order valence-corrected chi connectivity index (χ1v) is 16.2. The number of nitrogens with zero attached hydrogens (tertiary/aromatic N) is 3. The van der Waals surface area contributed by atoms with Gasteiger partial charge in [-0.05, 0) is 50.9 Å². The van der Waals surface area contributed by atoms with E-state index in [1.807, 2.05) is 18.2 Å². The Morgan fingerprint density at radius 1 is 0.957 bits per heavy atom. The van der Waals surface area contributed by atoms with Crippen LogP contribution in [0, 0.1) is 10.1 Å². The van der Waals surface area contributed by atoms with Gasteiger partial charge in [-0.25, -0.2) is 4.79 Å². The molecule has 13 heteroatoms. The molecule has 2 heterocycles. The average Bonchev–Trinajstić information content (AvgIpc) is 3.04. The number of halogens is 2. The lowest BCUT2D eigenvalue weighted by Gasteiger charge is -2.36. The number of dihydropyridines is 1. The highest BCUT2D eigenvalue weighted by Crippen LogP contribution is 2.39. The van der Waals surface area contributed by atoms with Crippen molar-refractivity contribution in [3.63, 3.8) is 0 Å². The molecule has 11 nitrogen and oxygen atoms in total. The van der Waals surface area contributed by atoms with E-state index in [-0.39, 0.29) is 28.8 Å². The number of benzene rings is 2. The number of alkyl halides is 2. The molecule has 0 radical (unpaired) electrons. The number of para-hydroxylation sites is 2. The number of carbonyl (C=O) groups is 2. The molecule has 2 aliphatic heterocycles. The summed E-state index contributed by atoms with van der Waals surface area (Å²) in [6, 6.07) is 13.7. The largest absolute Gasteiger partial charge is 0.545 e. The molecular formula is C33H41Cl2N4O7-. The summed E-state index contributed by atoms with van der Waals surface area (Å²) >= 11 is 9.53. The number of carbonyl (C=O) groups excluding carboxylic acids is 2. The second-order valence-electron chi connectivity index (χ2n) is 10.9. The Morgan fingerprint density at radius 3 is 2.26 bits per heavy atom. The quantitative estimate of drug-likeness (QED) is 0.102. The molecule has 4 rings (SSSR count). The first-order valence-electron chi connectivity index (χ1n) is 15.2. The van der Waals surface area contributed by atoms with Crippen LogP contribution in [0.3, 0.4) is 0 Å². The lowest BCUT2D eigenvalue weighted by atomic mass is 9.80. The summed E-state index contributed by atoms with van der Waals surface area (Å²) in [6.07, 6.45) is 3.62. The van der Waals surface area contributed by atoms with E-state index >= 15 is 0 Å². The second-order valence-corrected chi connectivity index (χ2v) is 11.7. The molecule has 2 aromatic rings. The monoisotopic (exact) mass is 675 g/mol. The number of unbranched alkanes of at least 4 members (excludes halogenated alkanes) is 3. The summed E-state index contributed by atoms with van der Waals surface area (Å²) in [7, 11) is 1.70. The molecule has 250 valence electrons. The number of nitro benzene ring substituents is 1. The van der Waals surface area contributed by atoms with Crippen LogP contribution in [0.2, 0.25) is 0 Å². The number of rotatable bonds is 13. The van der Waals surface area contributed by atoms with Gasteiger partial charge in [-0.1, -0.05) is 37.1 Å². The van der Waals surface area contributed by atoms with Crippen molar-refractivity contribution in [2.75, 3.05) is 56.7 Å². The van der Waals surface area contributed by atoms with Gasteiger partial charge in [-0.2, -0.15) is 0 Å². The van der Waals surface area contributed by atoms with E-state index in [0.717, 1.165) is 63.4 Å². The van der Waals surface area contributed by atoms with Crippen molar-refractivity contribution >= 4 is 46.5 Å². The highest BCUT2D eigenvalue weighted by atomic mass is 35.5. The number of nitro groups is 1. The number of anilines is 1. The number of methoxy groups -OCH3 is 1. The van der Waals surface area contributed by atoms with Gasteiger partial charge in [0.25, 0.3) is 5.69 Å². The summed E-state index contributed by atoms with van der Waals surface area (Å²) < 4.78 is 11.1. The van der Waals surface area contributed by atoms with Gasteiger partial charge in [0.15, 0.2) is 0 Å². The molecule has 2 aromatic carbocycles. The minimum Gasteiger partial charge on any atom is -0.545 e. The summed E-state index contributed by atoms with van der Waals surface area (Å²) in [5, 5.41) is 26.6. The van der Waals surface area contributed by atoms with Gasteiger partial charge in [0.1, 0.15) is 5.75 Å². The van der Waals surface area contributed by atoms with Crippen molar-refractivity contribution in [2.45, 2.75) is 45.4 Å². The average molecular weight is 677 g/mol. The van der Waals surface area contributed by atoms with Crippen molar-refractivity contribution in [3.05, 3.63) is 86.7 Å². The van der Waals surface area contributed by atoms with Crippen LogP contribution in [0.25, 0.3) is 0 Å². The maximum Gasteiger partial charge on any atom is 0.336 e. The van der Waals surface area contributed by atoms with E-state index in [9.17, 15) is 24.8 Å². The number of esters is 1. The number of nitrogens with one attached hydrogen (secondary N) is 1. The first-order chi connectivity index (χ1) is 22.1. The van der Waals surface area contributed by atoms with E-state index in [2.05, 4.69) is 21.2 Å². The van der Waals surface area contributed by atoms with Gasteiger partial charge >= 0.3 is 5.97 Å². The zero-order valence-corrected chi connectivity index (χ0v) is 27.9. The number of non-ortho nitro benzene ring substituents is 1. The maximum atomic E-state index is 13.2. The molecule has 0 aliphatic carbocycles. The van der Waals surface area contributed by atoms with Gasteiger partial charge in [-0.3, -0.25) is 15.0 Å². The van der Waals surface area contributed by atoms with E-state index in [4.69, 9.17) is 32.7 Å². The SMILES string of the molecule is COc1ccccc1N1CCN(CCCCCCOC(=O)C2=C(C)NC(C)=C(C(=O)[O-])C2c2cccc([N+](=O)[O-])c2)CC1.ClCCl. The van der Waals surface area contributed by atoms with Crippen LogP contribution in [-0.4, -0.2) is 73.5 Å². The molecule has 1 saturated heterocycles. The van der Waals surface area contributed by atoms with Crippen molar-refractivity contribution in [1.29, 1.82) is 0 Å². The van der Waals surface area contributed by atoms with Crippen LogP contribution in [0.1, 0.15) is 51.0 Å². The van der Waals surface area contributed by atoms with Crippen LogP contribution >= 0.6 is 23.2 Å². The summed E-state index contributed by atoms with van der Waals surface area (Å²) in [5.41, 5.74) is 1.95. The Balaban J connectivity index is 0.00000185. The fourth-order valence-corrected chi connectivity index (χ4v) is 5.82. The van der Waals surface area contributed by atoms with Crippen LogP contribution in [0.4, 0.5) is 11.4 Å². The van der Waals surface area contributed by atoms with E-state index in [0.29, 0.717) is 23.4 Å². The summed E-state index contributed by atoms with van der Waals surface area (Å²) in [5.74, 6) is -2.27. The summed E-state index contributed by atoms with van der Waals surface area (Å²) in [4.78, 5) is 41.0. The number of carboxylic acids is 1. The molecule has 0 spiro atoms. The number of aliphatic carboxylic acids is 1. The molecule has 0 aromatic heterocycles. The third kappa shape index (κ3) is 9.85. The second kappa shape index (κ2) is 18.4. The van der Waals surface area contributed by atoms with Crippen molar-refractivity contribution in [2.24, 2.45) is 0 Å². The van der Waals surface area contributed by atoms with Gasteiger partial charge in [0.2, 0.25) is 0 Å². The standard InChI is InChI=1S/C32H40N4O7.CH2Cl2/c1-22-28(31(37)38)30(24-11-10-12-25(21-24)36(40)41)29(23(2)33-22)32(39)43-20-9-5-4-8-15-34-16-18-35(19-17-34)26-13-6-7-14-27(26)42-3;2-1-3/h6-7,10-14,21,30,33H,4-5,8-9,15-20H2,1-3H3,(H,37,38);1H2/p-1. The Kier molecular flexibility index (Phi) is 14.6. The van der Waals surface area contributed by atoms with Crippen LogP contribution in [-0.2, 0) is 14.3 Å².